The Balaban J connectivity index is 2.10. The maximum absolute atomic E-state index is 13.3. The predicted octanol–water partition coefficient (Wildman–Crippen LogP) is 3.47. The Hall–Kier alpha value is -1.22. The second-order valence-corrected chi connectivity index (χ2v) is 5.60. The summed E-state index contributed by atoms with van der Waals surface area (Å²) in [6.45, 7) is 5.42. The van der Waals surface area contributed by atoms with Crippen molar-refractivity contribution < 1.29 is 9.18 Å². The first-order chi connectivity index (χ1) is 9.06. The van der Waals surface area contributed by atoms with E-state index >= 15 is 0 Å². The molecular weight excluding hydrogens is 241 g/mol. The van der Waals surface area contributed by atoms with Crippen LogP contribution in [0, 0.1) is 12.7 Å². The summed E-state index contributed by atoms with van der Waals surface area (Å²) in [5.41, 5.74) is 2.16. The number of carbonyl (C=O) groups is 1. The van der Waals surface area contributed by atoms with Gasteiger partial charge in [0.15, 0.2) is 0 Å². The van der Waals surface area contributed by atoms with Gasteiger partial charge in [0.1, 0.15) is 11.6 Å². The van der Waals surface area contributed by atoms with Crippen LogP contribution in [0.2, 0.25) is 0 Å². The number of nitrogens with zero attached hydrogens (tertiary/aromatic N) is 1. The van der Waals surface area contributed by atoms with Gasteiger partial charge in [-0.2, -0.15) is 0 Å². The molecule has 1 aromatic carbocycles. The number of piperidine rings is 1. The number of ketones is 1. The van der Waals surface area contributed by atoms with E-state index in [0.717, 1.165) is 30.6 Å². The second-order valence-electron chi connectivity index (χ2n) is 5.60. The Kier molecular flexibility index (Phi) is 4.70. The van der Waals surface area contributed by atoms with Gasteiger partial charge >= 0.3 is 0 Å². The molecule has 3 heteroatoms. The normalized spacial score (nSPS) is 20.5. The van der Waals surface area contributed by atoms with Crippen LogP contribution in [0.1, 0.15) is 43.7 Å². The van der Waals surface area contributed by atoms with E-state index in [2.05, 4.69) is 4.90 Å². The van der Waals surface area contributed by atoms with E-state index in [1.807, 2.05) is 13.0 Å². The number of aryl methyl sites for hydroxylation is 1. The number of carbonyl (C=O) groups excluding carboxylic acids is 1. The van der Waals surface area contributed by atoms with E-state index in [-0.39, 0.29) is 11.6 Å². The Morgan fingerprint density at radius 1 is 1.42 bits per heavy atom. The molecule has 0 radical (unpaired) electrons. The zero-order valence-electron chi connectivity index (χ0n) is 11.8. The first kappa shape index (κ1) is 14.2. The zero-order chi connectivity index (χ0) is 13.8. The number of rotatable bonds is 4. The lowest BCUT2D eigenvalue weighted by atomic mass is 9.96. The number of hydrogen-bond acceptors (Lipinski definition) is 2. The maximum atomic E-state index is 13.3. The van der Waals surface area contributed by atoms with Gasteiger partial charge in [-0.1, -0.05) is 12.5 Å². The van der Waals surface area contributed by atoms with E-state index in [9.17, 15) is 9.18 Å². The SMILES string of the molecule is CC(=O)CC1CCCCN1Cc1cc(F)ccc1C. The molecule has 1 atom stereocenters. The molecule has 1 unspecified atom stereocenters. The Morgan fingerprint density at radius 3 is 2.95 bits per heavy atom. The fourth-order valence-corrected chi connectivity index (χ4v) is 2.86. The summed E-state index contributed by atoms with van der Waals surface area (Å²) in [6.07, 6.45) is 4.06. The number of hydrogen-bond donors (Lipinski definition) is 0. The lowest BCUT2D eigenvalue weighted by molar-refractivity contribution is -0.118. The molecule has 104 valence electrons. The molecular formula is C16H22FNO. The van der Waals surface area contributed by atoms with Crippen molar-refractivity contribution in [3.63, 3.8) is 0 Å². The number of likely N-dealkylation sites (tertiary alicyclic amines) is 1. The second kappa shape index (κ2) is 6.29. The van der Waals surface area contributed by atoms with E-state index < -0.39 is 0 Å². The molecule has 19 heavy (non-hydrogen) atoms. The highest BCUT2D eigenvalue weighted by atomic mass is 19.1. The maximum Gasteiger partial charge on any atom is 0.131 e. The number of halogens is 1. The van der Waals surface area contributed by atoms with Crippen molar-refractivity contribution in [3.8, 4) is 0 Å². The molecule has 1 aliphatic heterocycles. The molecule has 1 aliphatic rings. The lowest BCUT2D eigenvalue weighted by Crippen LogP contribution is -2.40. The van der Waals surface area contributed by atoms with Crippen LogP contribution >= 0.6 is 0 Å². The molecule has 2 rings (SSSR count). The summed E-state index contributed by atoms with van der Waals surface area (Å²) >= 11 is 0. The first-order valence-corrected chi connectivity index (χ1v) is 7.05. The molecule has 0 aromatic heterocycles. The van der Waals surface area contributed by atoms with Gasteiger partial charge < -0.3 is 0 Å². The smallest absolute Gasteiger partial charge is 0.131 e. The third kappa shape index (κ3) is 3.87. The molecule has 2 nitrogen and oxygen atoms in total. The van der Waals surface area contributed by atoms with Crippen LogP contribution in [0.5, 0.6) is 0 Å². The van der Waals surface area contributed by atoms with Crippen LogP contribution in [0.15, 0.2) is 18.2 Å². The summed E-state index contributed by atoms with van der Waals surface area (Å²) in [7, 11) is 0. The van der Waals surface area contributed by atoms with E-state index in [4.69, 9.17) is 0 Å². The first-order valence-electron chi connectivity index (χ1n) is 7.05. The standard InChI is InChI=1S/C16H22FNO/c1-12-6-7-15(17)10-14(12)11-18-8-4-3-5-16(18)9-13(2)19/h6-7,10,16H,3-5,8-9,11H2,1-2H3. The molecule has 0 N–H and O–H groups in total. The molecule has 1 fully saturated rings. The van der Waals surface area contributed by atoms with Gasteiger partial charge in [-0.3, -0.25) is 9.69 Å². The molecule has 0 bridgehead atoms. The molecule has 1 heterocycles. The minimum absolute atomic E-state index is 0.180. The van der Waals surface area contributed by atoms with Crippen LogP contribution in [0.4, 0.5) is 4.39 Å². The van der Waals surface area contributed by atoms with Gasteiger partial charge in [-0.15, -0.1) is 0 Å². The summed E-state index contributed by atoms with van der Waals surface area (Å²) in [6, 6.07) is 5.28. The largest absolute Gasteiger partial charge is 0.300 e. The monoisotopic (exact) mass is 263 g/mol. The summed E-state index contributed by atoms with van der Waals surface area (Å²) in [4.78, 5) is 13.7. The summed E-state index contributed by atoms with van der Waals surface area (Å²) < 4.78 is 13.3. The van der Waals surface area contributed by atoms with Crippen LogP contribution in [-0.4, -0.2) is 23.3 Å². The average Bonchev–Trinajstić information content (AvgIpc) is 2.35. The van der Waals surface area contributed by atoms with E-state index in [1.165, 1.54) is 18.9 Å². The Bertz CT molecular complexity index is 458. The van der Waals surface area contributed by atoms with Gasteiger partial charge in [-0.25, -0.2) is 4.39 Å². The van der Waals surface area contributed by atoms with Crippen LogP contribution < -0.4 is 0 Å². The molecule has 0 spiro atoms. The minimum Gasteiger partial charge on any atom is -0.300 e. The van der Waals surface area contributed by atoms with Gasteiger partial charge in [0.05, 0.1) is 0 Å². The molecule has 1 saturated heterocycles. The molecule has 0 saturated carbocycles. The fourth-order valence-electron chi connectivity index (χ4n) is 2.86. The van der Waals surface area contributed by atoms with Gasteiger partial charge in [0.25, 0.3) is 0 Å². The van der Waals surface area contributed by atoms with Crippen molar-refractivity contribution >= 4 is 5.78 Å². The van der Waals surface area contributed by atoms with Gasteiger partial charge in [0, 0.05) is 19.0 Å². The minimum atomic E-state index is -0.180. The molecule has 0 aliphatic carbocycles. The Labute approximate surface area is 114 Å². The fraction of sp³-hybridized carbons (Fsp3) is 0.562. The van der Waals surface area contributed by atoms with Crippen molar-refractivity contribution in [2.45, 2.75) is 52.1 Å². The zero-order valence-corrected chi connectivity index (χ0v) is 11.8. The third-order valence-electron chi connectivity index (χ3n) is 3.96. The molecule has 1 aromatic rings. The van der Waals surface area contributed by atoms with Crippen LogP contribution in [0.3, 0.4) is 0 Å². The summed E-state index contributed by atoms with van der Waals surface area (Å²) in [5.74, 6) is 0.0635. The van der Waals surface area contributed by atoms with Crippen molar-refractivity contribution in [1.29, 1.82) is 0 Å². The predicted molar refractivity (Wildman–Crippen MR) is 74.5 cm³/mol. The van der Waals surface area contributed by atoms with Gasteiger partial charge in [0.2, 0.25) is 0 Å². The van der Waals surface area contributed by atoms with Crippen molar-refractivity contribution in [2.24, 2.45) is 0 Å². The van der Waals surface area contributed by atoms with Crippen molar-refractivity contribution in [2.75, 3.05) is 6.54 Å². The topological polar surface area (TPSA) is 20.3 Å². The number of Topliss-reactive ketones (excluding diaryl/α,β-unsaturated/α-hetero) is 1. The average molecular weight is 263 g/mol. The summed E-state index contributed by atoms with van der Waals surface area (Å²) in [5, 5.41) is 0. The van der Waals surface area contributed by atoms with Gasteiger partial charge in [-0.05, 0) is 56.5 Å². The highest BCUT2D eigenvalue weighted by Gasteiger charge is 2.23. The van der Waals surface area contributed by atoms with Crippen molar-refractivity contribution in [3.05, 3.63) is 35.1 Å². The number of benzene rings is 1. The lowest BCUT2D eigenvalue weighted by Gasteiger charge is -2.35. The quantitative estimate of drug-likeness (QED) is 0.829. The van der Waals surface area contributed by atoms with Crippen LogP contribution in [-0.2, 0) is 11.3 Å². The highest BCUT2D eigenvalue weighted by Crippen LogP contribution is 2.23. The van der Waals surface area contributed by atoms with Crippen LogP contribution in [0.25, 0.3) is 0 Å². The Morgan fingerprint density at radius 2 is 2.21 bits per heavy atom. The van der Waals surface area contributed by atoms with E-state index in [0.29, 0.717) is 12.5 Å². The third-order valence-corrected chi connectivity index (χ3v) is 3.96. The van der Waals surface area contributed by atoms with E-state index in [1.54, 1.807) is 13.0 Å². The molecule has 0 amide bonds. The highest BCUT2D eigenvalue weighted by molar-refractivity contribution is 5.76. The van der Waals surface area contributed by atoms with Crippen molar-refractivity contribution in [1.82, 2.24) is 4.90 Å².